The average Bonchev–Trinajstić information content (AvgIpc) is 2.25. The topological polar surface area (TPSA) is 52.6 Å². The minimum atomic E-state index is -0.529. The highest BCUT2D eigenvalue weighted by molar-refractivity contribution is 5.96. The molecule has 0 saturated heterocycles. The highest BCUT2D eigenvalue weighted by atomic mass is 16.5. The number of ether oxygens (including phenoxy) is 2. The molecule has 0 fully saturated rings. The molecule has 1 unspecified atom stereocenters. The quantitative estimate of drug-likeness (QED) is 0.672. The lowest BCUT2D eigenvalue weighted by Crippen LogP contribution is -2.38. The molecule has 1 aliphatic rings. The summed E-state index contributed by atoms with van der Waals surface area (Å²) in [5.41, 5.74) is 0.149. The van der Waals surface area contributed by atoms with Crippen LogP contribution >= 0.6 is 0 Å². The molecule has 0 saturated carbocycles. The number of hydrogen-bond donors (Lipinski definition) is 0. The van der Waals surface area contributed by atoms with Crippen molar-refractivity contribution in [3.63, 3.8) is 0 Å². The van der Waals surface area contributed by atoms with Crippen molar-refractivity contribution in [1.29, 1.82) is 0 Å². The van der Waals surface area contributed by atoms with Gasteiger partial charge in [0.15, 0.2) is 0 Å². The van der Waals surface area contributed by atoms with E-state index < -0.39 is 11.9 Å². The van der Waals surface area contributed by atoms with Gasteiger partial charge in [-0.25, -0.2) is 4.79 Å². The number of carbonyl (C=O) groups excluding carboxylic acids is 2. The highest BCUT2D eigenvalue weighted by Crippen LogP contribution is 2.41. The summed E-state index contributed by atoms with van der Waals surface area (Å²) in [5.74, 6) is -1.34. The van der Waals surface area contributed by atoms with E-state index in [2.05, 4.69) is 0 Å². The molecular formula is C12H18O4. The van der Waals surface area contributed by atoms with Crippen molar-refractivity contribution >= 4 is 11.9 Å². The molecule has 0 bridgehead atoms. The zero-order valence-electron chi connectivity index (χ0n) is 10.2. The zero-order chi connectivity index (χ0) is 12.3. The Bertz CT molecular complexity index is 328. The maximum Gasteiger partial charge on any atom is 0.334 e. The second kappa shape index (κ2) is 4.68. The third-order valence-corrected chi connectivity index (χ3v) is 3.10. The summed E-state index contributed by atoms with van der Waals surface area (Å²) in [4.78, 5) is 23.3. The van der Waals surface area contributed by atoms with Crippen LogP contribution in [0.3, 0.4) is 0 Å². The van der Waals surface area contributed by atoms with Crippen molar-refractivity contribution in [2.24, 2.45) is 11.3 Å². The van der Waals surface area contributed by atoms with E-state index in [1.165, 1.54) is 14.2 Å². The third-order valence-electron chi connectivity index (χ3n) is 3.10. The molecule has 0 aromatic rings. The first-order valence-electron chi connectivity index (χ1n) is 5.30. The fourth-order valence-corrected chi connectivity index (χ4v) is 2.17. The summed E-state index contributed by atoms with van der Waals surface area (Å²) >= 11 is 0. The Balaban J connectivity index is 3.09. The Hall–Kier alpha value is -1.32. The Kier molecular flexibility index (Phi) is 3.73. The summed E-state index contributed by atoms with van der Waals surface area (Å²) in [6, 6.07) is 0. The van der Waals surface area contributed by atoms with E-state index in [0.29, 0.717) is 5.57 Å². The standard InChI is InChI=1S/C12H18O4/c1-12(2)7-5-6-8(10(13)15-3)9(12)11(14)16-4/h6,9H,5,7H2,1-4H3. The van der Waals surface area contributed by atoms with Crippen LogP contribution < -0.4 is 0 Å². The first-order valence-corrected chi connectivity index (χ1v) is 5.30. The number of esters is 2. The van der Waals surface area contributed by atoms with Crippen LogP contribution in [0.25, 0.3) is 0 Å². The molecule has 4 nitrogen and oxygen atoms in total. The largest absolute Gasteiger partial charge is 0.469 e. The lowest BCUT2D eigenvalue weighted by Gasteiger charge is -2.36. The SMILES string of the molecule is COC(=O)C1=CCCC(C)(C)C1C(=O)OC. The van der Waals surface area contributed by atoms with Crippen LogP contribution in [0.5, 0.6) is 0 Å². The Morgan fingerprint density at radius 1 is 1.31 bits per heavy atom. The normalized spacial score (nSPS) is 23.2. The molecular weight excluding hydrogens is 208 g/mol. The van der Waals surface area contributed by atoms with Gasteiger partial charge in [0.1, 0.15) is 0 Å². The van der Waals surface area contributed by atoms with Gasteiger partial charge in [0.25, 0.3) is 0 Å². The van der Waals surface area contributed by atoms with Gasteiger partial charge in [0.2, 0.25) is 0 Å². The van der Waals surface area contributed by atoms with Crippen molar-refractivity contribution in [1.82, 2.24) is 0 Å². The summed E-state index contributed by atoms with van der Waals surface area (Å²) in [6.07, 6.45) is 3.41. The molecule has 0 heterocycles. The molecule has 0 spiro atoms. The van der Waals surface area contributed by atoms with Gasteiger partial charge in [-0.05, 0) is 18.3 Å². The van der Waals surface area contributed by atoms with Gasteiger partial charge in [-0.15, -0.1) is 0 Å². The summed E-state index contributed by atoms with van der Waals surface area (Å²) in [6.45, 7) is 3.93. The second-order valence-corrected chi connectivity index (χ2v) is 4.63. The van der Waals surface area contributed by atoms with E-state index in [-0.39, 0.29) is 11.4 Å². The number of methoxy groups -OCH3 is 2. The minimum absolute atomic E-state index is 0.272. The van der Waals surface area contributed by atoms with Crippen LogP contribution in [0.2, 0.25) is 0 Å². The average molecular weight is 226 g/mol. The van der Waals surface area contributed by atoms with Gasteiger partial charge in [-0.1, -0.05) is 19.9 Å². The van der Waals surface area contributed by atoms with Crippen LogP contribution in [0, 0.1) is 11.3 Å². The second-order valence-electron chi connectivity index (χ2n) is 4.63. The van der Waals surface area contributed by atoms with Gasteiger partial charge < -0.3 is 9.47 Å². The third kappa shape index (κ3) is 2.26. The molecule has 0 amide bonds. The van der Waals surface area contributed by atoms with Gasteiger partial charge in [0, 0.05) is 5.57 Å². The van der Waals surface area contributed by atoms with Crippen molar-refractivity contribution in [3.05, 3.63) is 11.6 Å². The van der Waals surface area contributed by atoms with Gasteiger partial charge in [-0.3, -0.25) is 4.79 Å². The van der Waals surface area contributed by atoms with Gasteiger partial charge >= 0.3 is 11.9 Å². The molecule has 0 N–H and O–H groups in total. The maximum absolute atomic E-state index is 11.7. The van der Waals surface area contributed by atoms with E-state index in [1.807, 2.05) is 13.8 Å². The Morgan fingerprint density at radius 3 is 2.44 bits per heavy atom. The van der Waals surface area contributed by atoms with Crippen LogP contribution in [0.15, 0.2) is 11.6 Å². The zero-order valence-corrected chi connectivity index (χ0v) is 10.2. The number of carbonyl (C=O) groups is 2. The maximum atomic E-state index is 11.7. The number of rotatable bonds is 2. The molecule has 0 radical (unpaired) electrons. The van der Waals surface area contributed by atoms with Crippen LogP contribution in [0.4, 0.5) is 0 Å². The molecule has 16 heavy (non-hydrogen) atoms. The first-order chi connectivity index (χ1) is 7.44. The predicted molar refractivity (Wildman–Crippen MR) is 58.6 cm³/mol. The molecule has 1 rings (SSSR count). The Labute approximate surface area is 95.6 Å². The predicted octanol–water partition coefficient (Wildman–Crippen LogP) is 1.70. The van der Waals surface area contributed by atoms with Crippen molar-refractivity contribution < 1.29 is 19.1 Å². The molecule has 90 valence electrons. The van der Waals surface area contributed by atoms with Crippen LogP contribution in [0.1, 0.15) is 26.7 Å². The molecule has 1 atom stereocenters. The smallest absolute Gasteiger partial charge is 0.334 e. The molecule has 0 aliphatic heterocycles. The van der Waals surface area contributed by atoms with E-state index in [9.17, 15) is 9.59 Å². The van der Waals surface area contributed by atoms with E-state index in [4.69, 9.17) is 9.47 Å². The Morgan fingerprint density at radius 2 is 1.94 bits per heavy atom. The van der Waals surface area contributed by atoms with E-state index in [0.717, 1.165) is 12.8 Å². The summed E-state index contributed by atoms with van der Waals surface area (Å²) < 4.78 is 9.46. The van der Waals surface area contributed by atoms with Gasteiger partial charge in [0.05, 0.1) is 20.1 Å². The summed E-state index contributed by atoms with van der Waals surface area (Å²) in [7, 11) is 2.65. The molecule has 1 aliphatic carbocycles. The van der Waals surface area contributed by atoms with Crippen molar-refractivity contribution in [2.45, 2.75) is 26.7 Å². The molecule has 0 aromatic carbocycles. The lowest BCUT2D eigenvalue weighted by molar-refractivity contribution is -0.151. The van der Waals surface area contributed by atoms with Crippen molar-refractivity contribution in [3.8, 4) is 0 Å². The lowest BCUT2D eigenvalue weighted by atomic mass is 9.68. The minimum Gasteiger partial charge on any atom is -0.469 e. The van der Waals surface area contributed by atoms with Crippen LogP contribution in [-0.4, -0.2) is 26.2 Å². The molecule has 0 aromatic heterocycles. The summed E-state index contributed by atoms with van der Waals surface area (Å²) in [5, 5.41) is 0. The fraction of sp³-hybridized carbons (Fsp3) is 0.667. The van der Waals surface area contributed by atoms with Gasteiger partial charge in [-0.2, -0.15) is 0 Å². The first kappa shape index (κ1) is 12.7. The molecule has 4 heteroatoms. The van der Waals surface area contributed by atoms with Crippen LogP contribution in [-0.2, 0) is 19.1 Å². The fourth-order valence-electron chi connectivity index (χ4n) is 2.17. The van der Waals surface area contributed by atoms with Crippen molar-refractivity contribution in [2.75, 3.05) is 14.2 Å². The number of hydrogen-bond acceptors (Lipinski definition) is 4. The van der Waals surface area contributed by atoms with E-state index >= 15 is 0 Å². The monoisotopic (exact) mass is 226 g/mol. The highest BCUT2D eigenvalue weighted by Gasteiger charge is 2.43. The number of allylic oxidation sites excluding steroid dienone is 1. The van der Waals surface area contributed by atoms with E-state index in [1.54, 1.807) is 6.08 Å².